The summed E-state index contributed by atoms with van der Waals surface area (Å²) in [4.78, 5) is 11.8. The molecule has 0 amide bonds. The lowest BCUT2D eigenvalue weighted by Gasteiger charge is -2.46. The Bertz CT molecular complexity index is 1390. The molecule has 2 saturated heterocycles. The van der Waals surface area contributed by atoms with Gasteiger partial charge >= 0.3 is 0 Å². The van der Waals surface area contributed by atoms with Gasteiger partial charge in [-0.3, -0.25) is 0 Å². The molecule has 2 fully saturated rings. The molecule has 2 atom stereocenters. The van der Waals surface area contributed by atoms with Crippen LogP contribution in [-0.4, -0.2) is 42.5 Å². The minimum absolute atomic E-state index is 0.217. The minimum atomic E-state index is -0.639. The number of fused-ring (bicyclic) bond motifs is 3. The van der Waals surface area contributed by atoms with E-state index in [0.717, 1.165) is 59.5 Å². The highest BCUT2D eigenvalue weighted by atomic mass is 35.5. The molecule has 180 valence electrons. The van der Waals surface area contributed by atoms with E-state index < -0.39 is 5.60 Å². The lowest BCUT2D eigenvalue weighted by atomic mass is 9.78. The first-order valence-corrected chi connectivity index (χ1v) is 12.9. The van der Waals surface area contributed by atoms with Gasteiger partial charge in [-0.25, -0.2) is 14.6 Å². The Morgan fingerprint density at radius 1 is 0.943 bits per heavy atom. The number of aliphatic hydroxyl groups is 1. The zero-order chi connectivity index (χ0) is 24.3. The number of piperidine rings is 1. The molecule has 1 N–H and O–H groups in total. The van der Waals surface area contributed by atoms with E-state index in [1.165, 1.54) is 0 Å². The van der Waals surface area contributed by atoms with Gasteiger partial charge in [0.05, 0.1) is 16.3 Å². The first kappa shape index (κ1) is 22.8. The average molecular weight is 508 g/mol. The third kappa shape index (κ3) is 3.70. The Balaban J connectivity index is 1.55. The quantitative estimate of drug-likeness (QED) is 0.350. The fraction of sp³-hybridized carbons (Fsp3) is 0.370. The van der Waals surface area contributed by atoms with Gasteiger partial charge in [0.15, 0.2) is 11.3 Å². The van der Waals surface area contributed by atoms with Crippen LogP contribution in [0.2, 0.25) is 10.0 Å². The van der Waals surface area contributed by atoms with Gasteiger partial charge in [-0.15, -0.1) is 0 Å². The fourth-order valence-corrected chi connectivity index (χ4v) is 6.16. The maximum Gasteiger partial charge on any atom is 0.161 e. The van der Waals surface area contributed by atoms with Crippen LogP contribution in [0.1, 0.15) is 39.5 Å². The van der Waals surface area contributed by atoms with E-state index in [2.05, 4.69) is 18.7 Å². The molecule has 6 nitrogen and oxygen atoms in total. The molecule has 0 saturated carbocycles. The second-order valence-corrected chi connectivity index (χ2v) is 10.9. The number of benzene rings is 2. The second kappa shape index (κ2) is 8.47. The van der Waals surface area contributed by atoms with Crippen LogP contribution in [0.3, 0.4) is 0 Å². The maximum absolute atomic E-state index is 11.3. The molecule has 6 rings (SSSR count). The Morgan fingerprint density at radius 2 is 1.63 bits per heavy atom. The van der Waals surface area contributed by atoms with Crippen LogP contribution in [0.25, 0.3) is 28.0 Å². The first-order chi connectivity index (χ1) is 16.9. The fourth-order valence-electron chi connectivity index (χ4n) is 5.82. The predicted octanol–water partition coefficient (Wildman–Crippen LogP) is 6.31. The molecule has 2 aromatic carbocycles. The standard InChI is InChI=1S/C27H27Cl2N5O/c1-16(2)27(35)13-19-11-12-20(14-27)33(19)26-24-23(30-15-31-26)25(17-7-9-18(28)10-8-17)34(32-24)22-6-4-3-5-21(22)29/h3-10,15-16,19-20,35H,11-14H2,1-2H3. The average Bonchev–Trinajstić information content (AvgIpc) is 3.35. The zero-order valence-corrected chi connectivity index (χ0v) is 21.2. The molecule has 2 aliphatic heterocycles. The number of anilines is 1. The van der Waals surface area contributed by atoms with Crippen molar-refractivity contribution in [1.29, 1.82) is 0 Å². The second-order valence-electron chi connectivity index (χ2n) is 10.1. The number of hydrogen-bond acceptors (Lipinski definition) is 5. The summed E-state index contributed by atoms with van der Waals surface area (Å²) in [6.07, 6.45) is 5.18. The number of rotatable bonds is 4. The molecule has 4 aromatic rings. The molecule has 0 spiro atoms. The highest BCUT2D eigenvalue weighted by Gasteiger charge is 2.49. The Kier molecular flexibility index (Phi) is 5.51. The van der Waals surface area contributed by atoms with Crippen molar-refractivity contribution in [2.24, 2.45) is 5.92 Å². The van der Waals surface area contributed by atoms with Gasteiger partial charge in [0.25, 0.3) is 0 Å². The van der Waals surface area contributed by atoms with E-state index in [9.17, 15) is 5.11 Å². The summed E-state index contributed by atoms with van der Waals surface area (Å²) in [6, 6.07) is 15.8. The van der Waals surface area contributed by atoms with Gasteiger partial charge in [-0.05, 0) is 55.9 Å². The van der Waals surface area contributed by atoms with Gasteiger partial charge in [0, 0.05) is 22.7 Å². The number of hydrogen-bond donors (Lipinski definition) is 1. The largest absolute Gasteiger partial charge is 0.389 e. The van der Waals surface area contributed by atoms with Crippen LogP contribution >= 0.6 is 23.2 Å². The van der Waals surface area contributed by atoms with Crippen LogP contribution in [0.5, 0.6) is 0 Å². The van der Waals surface area contributed by atoms with Crippen LogP contribution < -0.4 is 4.90 Å². The Morgan fingerprint density at radius 3 is 2.29 bits per heavy atom. The van der Waals surface area contributed by atoms with Crippen LogP contribution in [0.4, 0.5) is 5.82 Å². The summed E-state index contributed by atoms with van der Waals surface area (Å²) < 4.78 is 1.87. The predicted molar refractivity (Wildman–Crippen MR) is 140 cm³/mol. The summed E-state index contributed by atoms with van der Waals surface area (Å²) in [5, 5.41) is 17.6. The molecule has 0 aliphatic carbocycles. The molecule has 2 bridgehead atoms. The molecular formula is C27H27Cl2N5O. The van der Waals surface area contributed by atoms with Crippen LogP contribution in [-0.2, 0) is 0 Å². The van der Waals surface area contributed by atoms with Crippen molar-refractivity contribution < 1.29 is 5.11 Å². The van der Waals surface area contributed by atoms with E-state index in [1.807, 2.05) is 53.2 Å². The Labute approximate surface area is 214 Å². The number of aromatic nitrogens is 4. The molecule has 2 unspecified atom stereocenters. The van der Waals surface area contributed by atoms with Gasteiger partial charge < -0.3 is 10.0 Å². The van der Waals surface area contributed by atoms with Crippen molar-refractivity contribution in [3.63, 3.8) is 0 Å². The molecule has 2 aliphatic rings. The smallest absolute Gasteiger partial charge is 0.161 e. The van der Waals surface area contributed by atoms with E-state index in [4.69, 9.17) is 38.3 Å². The van der Waals surface area contributed by atoms with Crippen molar-refractivity contribution in [2.75, 3.05) is 4.90 Å². The minimum Gasteiger partial charge on any atom is -0.389 e. The summed E-state index contributed by atoms with van der Waals surface area (Å²) in [7, 11) is 0. The third-order valence-electron chi connectivity index (χ3n) is 7.75. The van der Waals surface area contributed by atoms with Crippen molar-refractivity contribution in [2.45, 2.75) is 57.2 Å². The molecule has 4 heterocycles. The van der Waals surface area contributed by atoms with Gasteiger partial charge in [-0.1, -0.05) is 61.3 Å². The normalized spacial score (nSPS) is 24.0. The highest BCUT2D eigenvalue weighted by molar-refractivity contribution is 6.32. The van der Waals surface area contributed by atoms with Crippen molar-refractivity contribution in [1.82, 2.24) is 19.7 Å². The summed E-state index contributed by atoms with van der Waals surface area (Å²) in [5.41, 5.74) is 3.43. The summed E-state index contributed by atoms with van der Waals surface area (Å²) in [5.74, 6) is 1.04. The SMILES string of the molecule is CC(C)C1(O)CC2CCC(C1)N2c1ncnc2c(-c3ccc(Cl)cc3)n(-c3ccccc3Cl)nc12. The van der Waals surface area contributed by atoms with Crippen molar-refractivity contribution in [3.05, 3.63) is 64.9 Å². The van der Waals surface area contributed by atoms with E-state index >= 15 is 0 Å². The van der Waals surface area contributed by atoms with E-state index in [0.29, 0.717) is 10.0 Å². The lowest BCUT2D eigenvalue weighted by Crippen LogP contribution is -2.53. The van der Waals surface area contributed by atoms with E-state index in [1.54, 1.807) is 6.33 Å². The summed E-state index contributed by atoms with van der Waals surface area (Å²) in [6.45, 7) is 4.23. The molecule has 35 heavy (non-hydrogen) atoms. The topological polar surface area (TPSA) is 67.1 Å². The molecule has 0 radical (unpaired) electrons. The van der Waals surface area contributed by atoms with Gasteiger partial charge in [0.1, 0.15) is 17.5 Å². The van der Waals surface area contributed by atoms with Gasteiger partial charge in [-0.2, -0.15) is 5.10 Å². The van der Waals surface area contributed by atoms with Crippen LogP contribution in [0, 0.1) is 5.92 Å². The monoisotopic (exact) mass is 507 g/mol. The number of nitrogens with zero attached hydrogens (tertiary/aromatic N) is 5. The molecule has 8 heteroatoms. The Hall–Kier alpha value is -2.67. The van der Waals surface area contributed by atoms with E-state index in [-0.39, 0.29) is 18.0 Å². The highest BCUT2D eigenvalue weighted by Crippen LogP contribution is 2.47. The van der Waals surface area contributed by atoms with Crippen molar-refractivity contribution in [3.8, 4) is 16.9 Å². The first-order valence-electron chi connectivity index (χ1n) is 12.1. The van der Waals surface area contributed by atoms with Crippen LogP contribution in [0.15, 0.2) is 54.9 Å². The van der Waals surface area contributed by atoms with Gasteiger partial charge in [0.2, 0.25) is 0 Å². The molecule has 2 aromatic heterocycles. The summed E-state index contributed by atoms with van der Waals surface area (Å²) >= 11 is 12.8. The lowest BCUT2D eigenvalue weighted by molar-refractivity contribution is -0.0388. The zero-order valence-electron chi connectivity index (χ0n) is 19.7. The number of para-hydroxylation sites is 1. The maximum atomic E-state index is 11.3. The van der Waals surface area contributed by atoms with Crippen molar-refractivity contribution >= 4 is 40.1 Å². The molecular weight excluding hydrogens is 481 g/mol. The third-order valence-corrected chi connectivity index (χ3v) is 8.33. The number of halogens is 2.